The molecule has 6 aromatic carbocycles. The van der Waals surface area contributed by atoms with Crippen molar-refractivity contribution in [3.8, 4) is 28.0 Å². The van der Waals surface area contributed by atoms with Gasteiger partial charge in [0.05, 0.1) is 7.11 Å². The molecule has 0 fully saturated rings. The molecule has 0 spiro atoms. The van der Waals surface area contributed by atoms with Gasteiger partial charge in [-0.15, -0.1) is 56.9 Å². The number of halogens is 2. The van der Waals surface area contributed by atoms with Gasteiger partial charge in [0.1, 0.15) is 5.75 Å². The third-order valence-corrected chi connectivity index (χ3v) is 8.36. The second-order valence-corrected chi connectivity index (χ2v) is 19.5. The van der Waals surface area contributed by atoms with Gasteiger partial charge in [0.25, 0.3) is 0 Å². The number of ether oxygens (including phenoxy) is 1. The summed E-state index contributed by atoms with van der Waals surface area (Å²) >= 11 is -0.826. The fraction of sp³-hybridized carbons (Fsp3) is 0.318. The van der Waals surface area contributed by atoms with E-state index < -0.39 is 20.8 Å². The first-order valence-corrected chi connectivity index (χ1v) is 25.1. The molecular weight excluding hydrogens is 735 g/mol. The number of rotatable bonds is 3. The number of methoxy groups -OCH3 is 1. The number of fused-ring (bicyclic) bond motifs is 2. The van der Waals surface area contributed by atoms with E-state index in [1.807, 2.05) is 0 Å². The number of hydrogen-bond acceptors (Lipinski definition) is 1. The summed E-state index contributed by atoms with van der Waals surface area (Å²) in [5, 5.41) is 5.28. The molecule has 256 valence electrons. The van der Waals surface area contributed by atoms with E-state index in [-0.39, 0.29) is 10.8 Å². The van der Waals surface area contributed by atoms with Crippen molar-refractivity contribution in [1.29, 1.82) is 0 Å². The second kappa shape index (κ2) is 18.2. The van der Waals surface area contributed by atoms with Gasteiger partial charge in [-0.05, 0) is 45.6 Å². The summed E-state index contributed by atoms with van der Waals surface area (Å²) in [7, 11) is 12.7. The van der Waals surface area contributed by atoms with Gasteiger partial charge < -0.3 is 4.74 Å². The van der Waals surface area contributed by atoms with E-state index in [2.05, 4.69) is 172 Å². The third-order valence-electron chi connectivity index (χ3n) is 8.36. The Morgan fingerprint density at radius 1 is 0.653 bits per heavy atom. The average molecular weight is 787 g/mol. The van der Waals surface area contributed by atoms with Crippen LogP contribution < -0.4 is 4.74 Å². The van der Waals surface area contributed by atoms with Gasteiger partial charge in [0.15, 0.2) is 0 Å². The standard InChI is InChI=1S/C21H23O.C21H23.C2H6Si.2ClH.Zr/c1-14-11-16-13-18(21(2,3)4)20(22-5)19(17(16)12-14)15-9-7-6-8-10-15;1-14-10-17-11-15(2)13-20(17)19(12-14)16-6-8-18(9-7-16)21(3,4)5;1-3-2;;;/h6-13H,1-5H3;6-13H,1-5H3;1-2H3;2*1H;/q2*-1;;;;+4/p-2. The Balaban J connectivity index is 0.000000229. The molecule has 0 saturated carbocycles. The van der Waals surface area contributed by atoms with Crippen LogP contribution in [0.2, 0.25) is 13.1 Å². The molecule has 0 aliphatic carbocycles. The Kier molecular flexibility index (Phi) is 15.2. The molecule has 0 aliphatic heterocycles. The molecule has 5 heteroatoms. The van der Waals surface area contributed by atoms with Crippen LogP contribution >= 0.6 is 17.0 Å². The molecule has 0 heterocycles. The van der Waals surface area contributed by atoms with Crippen LogP contribution in [0.25, 0.3) is 43.8 Å². The quantitative estimate of drug-likeness (QED) is 0.128. The van der Waals surface area contributed by atoms with Gasteiger partial charge in [-0.3, -0.25) is 0 Å². The molecule has 0 amide bonds. The van der Waals surface area contributed by atoms with Gasteiger partial charge in [-0.25, -0.2) is 0 Å². The van der Waals surface area contributed by atoms with Crippen LogP contribution in [0, 0.1) is 20.8 Å². The first kappa shape index (κ1) is 41.0. The van der Waals surface area contributed by atoms with Crippen molar-refractivity contribution < 1.29 is 25.6 Å². The summed E-state index contributed by atoms with van der Waals surface area (Å²) < 4.78 is 5.87. The Hall–Kier alpha value is -2.42. The van der Waals surface area contributed by atoms with E-state index in [1.165, 1.54) is 71.6 Å². The topological polar surface area (TPSA) is 9.23 Å². The summed E-state index contributed by atoms with van der Waals surface area (Å²) in [6.07, 6.45) is 0. The Morgan fingerprint density at radius 3 is 1.65 bits per heavy atom. The summed E-state index contributed by atoms with van der Waals surface area (Å²) in [6, 6.07) is 35.5. The zero-order valence-corrected chi connectivity index (χ0v) is 36.4. The molecular formula is C44H52Cl2OSiZr. The Morgan fingerprint density at radius 2 is 1.16 bits per heavy atom. The fourth-order valence-electron chi connectivity index (χ4n) is 6.16. The molecule has 0 aliphatic rings. The van der Waals surface area contributed by atoms with E-state index in [4.69, 9.17) is 21.8 Å². The van der Waals surface area contributed by atoms with Crippen molar-refractivity contribution in [2.75, 3.05) is 7.11 Å². The second-order valence-electron chi connectivity index (χ2n) is 14.7. The summed E-state index contributed by atoms with van der Waals surface area (Å²) in [6.45, 7) is 24.3. The van der Waals surface area contributed by atoms with Crippen LogP contribution in [0.1, 0.15) is 69.4 Å². The van der Waals surface area contributed by atoms with Crippen LogP contribution in [0.3, 0.4) is 0 Å². The molecule has 6 aromatic rings. The van der Waals surface area contributed by atoms with Crippen LogP contribution in [0.5, 0.6) is 5.75 Å². The summed E-state index contributed by atoms with van der Waals surface area (Å²) in [5.41, 5.74) is 11.9. The number of aryl methyl sites for hydroxylation is 3. The predicted octanol–water partition coefficient (Wildman–Crippen LogP) is 14.1. The summed E-state index contributed by atoms with van der Waals surface area (Å²) in [5.74, 6) is 0.997. The molecule has 0 N–H and O–H groups in total. The van der Waals surface area contributed by atoms with Crippen LogP contribution in [0.15, 0.2) is 97.1 Å². The van der Waals surface area contributed by atoms with Crippen molar-refractivity contribution in [3.63, 3.8) is 0 Å². The van der Waals surface area contributed by atoms with Crippen LogP contribution in [-0.2, 0) is 31.7 Å². The number of benzene rings is 4. The van der Waals surface area contributed by atoms with E-state index in [0.29, 0.717) is 0 Å². The zero-order valence-electron chi connectivity index (χ0n) is 31.4. The molecule has 0 atom stereocenters. The molecule has 6 rings (SSSR count). The van der Waals surface area contributed by atoms with Gasteiger partial charge in [0.2, 0.25) is 0 Å². The maximum atomic E-state index is 5.87. The van der Waals surface area contributed by atoms with Gasteiger partial charge in [-0.2, -0.15) is 12.1 Å². The fourth-order valence-corrected chi connectivity index (χ4v) is 6.16. The predicted molar refractivity (Wildman–Crippen MR) is 217 cm³/mol. The van der Waals surface area contributed by atoms with Crippen molar-refractivity contribution >= 4 is 48.1 Å². The molecule has 0 saturated heterocycles. The van der Waals surface area contributed by atoms with E-state index in [0.717, 1.165) is 15.3 Å². The maximum absolute atomic E-state index is 5.87. The average Bonchev–Trinajstić information content (AvgIpc) is 3.60. The number of hydrogen-bond donors (Lipinski definition) is 0. The Labute approximate surface area is 317 Å². The third kappa shape index (κ3) is 10.8. The SMILES string of the molecule is COc1c(C(C)(C)C)cc2[cH-]c(C)cc2c1-c1ccccc1.C[Si]C.Cc1cc(-c2ccc(C(C)(C)C)cc2)c2cc(C)[cH-]c2c1.[Cl][Zr+2][Cl]. The van der Waals surface area contributed by atoms with Gasteiger partial charge in [0, 0.05) is 9.52 Å². The molecule has 0 bridgehead atoms. The minimum atomic E-state index is -0.826. The molecule has 1 nitrogen and oxygen atoms in total. The van der Waals surface area contributed by atoms with Crippen LogP contribution in [0.4, 0.5) is 0 Å². The molecule has 49 heavy (non-hydrogen) atoms. The van der Waals surface area contributed by atoms with Gasteiger partial charge in [-0.1, -0.05) is 140 Å². The molecule has 0 unspecified atom stereocenters. The van der Waals surface area contributed by atoms with Crippen molar-refractivity contribution in [2.45, 2.75) is 86.2 Å². The van der Waals surface area contributed by atoms with E-state index >= 15 is 0 Å². The van der Waals surface area contributed by atoms with E-state index in [1.54, 1.807) is 7.11 Å². The van der Waals surface area contributed by atoms with Crippen molar-refractivity contribution in [2.24, 2.45) is 0 Å². The summed E-state index contributed by atoms with van der Waals surface area (Å²) in [4.78, 5) is 0. The molecule has 2 radical (unpaired) electrons. The zero-order chi connectivity index (χ0) is 36.5. The first-order valence-electron chi connectivity index (χ1n) is 16.8. The van der Waals surface area contributed by atoms with Crippen molar-refractivity contribution in [3.05, 3.63) is 125 Å². The normalized spacial score (nSPS) is 11.1. The molecule has 0 aromatic heterocycles. The van der Waals surface area contributed by atoms with Crippen molar-refractivity contribution in [1.82, 2.24) is 0 Å². The van der Waals surface area contributed by atoms with Gasteiger partial charge >= 0.3 is 37.9 Å². The monoisotopic (exact) mass is 784 g/mol. The first-order chi connectivity index (χ1) is 23.1. The van der Waals surface area contributed by atoms with Crippen LogP contribution in [-0.4, -0.2) is 16.6 Å². The Bertz CT molecular complexity index is 1920. The van der Waals surface area contributed by atoms with E-state index in [9.17, 15) is 0 Å². The minimum absolute atomic E-state index is 0.0360.